The van der Waals surface area contributed by atoms with E-state index in [-0.39, 0.29) is 36.6 Å². The van der Waals surface area contributed by atoms with Crippen LogP contribution in [0.1, 0.15) is 12.8 Å². The summed E-state index contributed by atoms with van der Waals surface area (Å²) in [6.45, 7) is 3.90. The van der Waals surface area contributed by atoms with Gasteiger partial charge in [0.15, 0.2) is 9.84 Å². The molecule has 1 amide bonds. The van der Waals surface area contributed by atoms with Gasteiger partial charge in [0.05, 0.1) is 24.7 Å². The zero-order valence-corrected chi connectivity index (χ0v) is 13.1. The summed E-state index contributed by atoms with van der Waals surface area (Å²) in [6, 6.07) is -0.278. The Morgan fingerprint density at radius 1 is 1.33 bits per heavy atom. The third-order valence-corrected chi connectivity index (χ3v) is 5.85. The Morgan fingerprint density at radius 3 is 2.81 bits per heavy atom. The minimum absolute atomic E-state index is 0.0281. The normalized spacial score (nSPS) is 26.4. The topological polar surface area (TPSA) is 89.9 Å². The fourth-order valence-electron chi connectivity index (χ4n) is 2.98. The zero-order valence-electron chi connectivity index (χ0n) is 12.3. The monoisotopic (exact) mass is 319 g/mol. The maximum atomic E-state index is 12.5. The lowest BCUT2D eigenvalue weighted by molar-refractivity contribution is -0.134. The summed E-state index contributed by atoms with van der Waals surface area (Å²) in [6.07, 6.45) is 1.49. The van der Waals surface area contributed by atoms with Crippen LogP contribution in [0.15, 0.2) is 0 Å². The van der Waals surface area contributed by atoms with E-state index in [1.807, 2.05) is 0 Å². The van der Waals surface area contributed by atoms with Gasteiger partial charge in [-0.2, -0.15) is 0 Å². The smallest absolute Gasteiger partial charge is 0.237 e. The minimum atomic E-state index is -3.03. The fraction of sp³-hybridized carbons (Fsp3) is 0.923. The number of sulfone groups is 1. The highest BCUT2D eigenvalue weighted by Gasteiger charge is 2.34. The molecule has 2 saturated heterocycles. The standard InChI is InChI=1S/C13H25N3O4S/c17-8-7-16(12-2-9-21(19,20)11-12)13(18)10-15-5-1-3-14-4-6-15/h12,14,17H,1-11H2. The van der Waals surface area contributed by atoms with Gasteiger partial charge in [0.1, 0.15) is 0 Å². The molecular formula is C13H25N3O4S. The minimum Gasteiger partial charge on any atom is -0.395 e. The first-order valence-electron chi connectivity index (χ1n) is 7.55. The second kappa shape index (κ2) is 7.53. The lowest BCUT2D eigenvalue weighted by atomic mass is 10.2. The van der Waals surface area contributed by atoms with Crippen molar-refractivity contribution >= 4 is 15.7 Å². The van der Waals surface area contributed by atoms with Crippen LogP contribution >= 0.6 is 0 Å². The Kier molecular flexibility index (Phi) is 5.98. The number of aliphatic hydroxyl groups is 1. The van der Waals surface area contributed by atoms with Gasteiger partial charge in [-0.3, -0.25) is 9.69 Å². The van der Waals surface area contributed by atoms with Crippen molar-refractivity contribution in [2.75, 3.05) is 57.4 Å². The molecule has 7 nitrogen and oxygen atoms in total. The molecule has 2 fully saturated rings. The van der Waals surface area contributed by atoms with Crippen LogP contribution < -0.4 is 5.32 Å². The lowest BCUT2D eigenvalue weighted by Gasteiger charge is -2.30. The molecule has 0 aliphatic carbocycles. The third kappa shape index (κ3) is 4.91. The van der Waals surface area contributed by atoms with E-state index >= 15 is 0 Å². The van der Waals surface area contributed by atoms with Crippen molar-refractivity contribution in [2.45, 2.75) is 18.9 Å². The first kappa shape index (κ1) is 16.7. The zero-order chi connectivity index (χ0) is 15.3. The number of hydrogen-bond acceptors (Lipinski definition) is 6. The van der Waals surface area contributed by atoms with E-state index in [1.165, 1.54) is 0 Å². The predicted molar refractivity (Wildman–Crippen MR) is 79.8 cm³/mol. The number of amides is 1. The van der Waals surface area contributed by atoms with Crippen molar-refractivity contribution < 1.29 is 18.3 Å². The highest BCUT2D eigenvalue weighted by atomic mass is 32.2. The van der Waals surface area contributed by atoms with Gasteiger partial charge in [0.2, 0.25) is 5.91 Å². The largest absolute Gasteiger partial charge is 0.395 e. The molecule has 122 valence electrons. The molecule has 0 aromatic heterocycles. The average Bonchev–Trinajstić information content (AvgIpc) is 2.64. The molecule has 2 rings (SSSR count). The van der Waals surface area contributed by atoms with Gasteiger partial charge in [-0.15, -0.1) is 0 Å². The van der Waals surface area contributed by atoms with Crippen molar-refractivity contribution in [2.24, 2.45) is 0 Å². The number of nitrogens with one attached hydrogen (secondary N) is 1. The van der Waals surface area contributed by atoms with E-state index in [9.17, 15) is 13.2 Å². The molecule has 0 aromatic rings. The molecule has 1 unspecified atom stereocenters. The quantitative estimate of drug-likeness (QED) is 0.627. The molecule has 0 spiro atoms. The first-order valence-corrected chi connectivity index (χ1v) is 9.38. The van der Waals surface area contributed by atoms with Crippen LogP contribution in [-0.2, 0) is 14.6 Å². The summed E-state index contributed by atoms with van der Waals surface area (Å²) >= 11 is 0. The van der Waals surface area contributed by atoms with Crippen LogP contribution in [0, 0.1) is 0 Å². The van der Waals surface area contributed by atoms with Gasteiger partial charge >= 0.3 is 0 Å². The van der Waals surface area contributed by atoms with Crippen LogP contribution in [0.3, 0.4) is 0 Å². The van der Waals surface area contributed by atoms with Crippen molar-refractivity contribution in [3.63, 3.8) is 0 Å². The summed E-state index contributed by atoms with van der Waals surface area (Å²) in [7, 11) is -3.03. The Hall–Kier alpha value is -0.700. The van der Waals surface area contributed by atoms with Crippen molar-refractivity contribution in [3.05, 3.63) is 0 Å². The number of rotatable bonds is 5. The van der Waals surface area contributed by atoms with Crippen LogP contribution in [0.2, 0.25) is 0 Å². The number of carbonyl (C=O) groups is 1. The lowest BCUT2D eigenvalue weighted by Crippen LogP contribution is -2.48. The summed E-state index contributed by atoms with van der Waals surface area (Å²) in [4.78, 5) is 16.1. The molecule has 2 aliphatic rings. The molecular weight excluding hydrogens is 294 g/mol. The summed E-state index contributed by atoms with van der Waals surface area (Å²) in [5.41, 5.74) is 0. The predicted octanol–water partition coefficient (Wildman–Crippen LogP) is -1.71. The molecule has 2 aliphatic heterocycles. The van der Waals surface area contributed by atoms with E-state index in [2.05, 4.69) is 10.2 Å². The Labute approximate surface area is 126 Å². The highest BCUT2D eigenvalue weighted by molar-refractivity contribution is 7.91. The van der Waals surface area contributed by atoms with E-state index in [4.69, 9.17) is 5.11 Å². The van der Waals surface area contributed by atoms with Gasteiger partial charge in [-0.25, -0.2) is 8.42 Å². The molecule has 0 saturated carbocycles. The maximum Gasteiger partial charge on any atom is 0.237 e. The SMILES string of the molecule is O=C(CN1CCCNCC1)N(CCO)C1CCS(=O)(=O)C1. The first-order chi connectivity index (χ1) is 10.0. The van der Waals surface area contributed by atoms with E-state index in [0.29, 0.717) is 13.0 Å². The molecule has 0 aromatic carbocycles. The van der Waals surface area contributed by atoms with E-state index < -0.39 is 9.84 Å². The number of aliphatic hydroxyl groups excluding tert-OH is 1. The second-order valence-electron chi connectivity index (χ2n) is 5.75. The Bertz CT molecular complexity index is 446. The Balaban J connectivity index is 1.95. The van der Waals surface area contributed by atoms with Crippen LogP contribution in [-0.4, -0.2) is 92.7 Å². The van der Waals surface area contributed by atoms with E-state index in [0.717, 1.165) is 32.6 Å². The van der Waals surface area contributed by atoms with Crippen LogP contribution in [0.4, 0.5) is 0 Å². The van der Waals surface area contributed by atoms with Crippen LogP contribution in [0.25, 0.3) is 0 Å². The van der Waals surface area contributed by atoms with Crippen LogP contribution in [0.5, 0.6) is 0 Å². The fourth-order valence-corrected chi connectivity index (χ4v) is 4.71. The van der Waals surface area contributed by atoms with Crippen molar-refractivity contribution in [1.82, 2.24) is 15.1 Å². The number of nitrogens with zero attached hydrogens (tertiary/aromatic N) is 2. The van der Waals surface area contributed by atoms with Crippen molar-refractivity contribution in [3.8, 4) is 0 Å². The molecule has 1 atom stereocenters. The van der Waals surface area contributed by atoms with Gasteiger partial charge in [-0.05, 0) is 25.9 Å². The average molecular weight is 319 g/mol. The van der Waals surface area contributed by atoms with Crippen molar-refractivity contribution in [1.29, 1.82) is 0 Å². The summed E-state index contributed by atoms with van der Waals surface area (Å²) < 4.78 is 23.2. The molecule has 21 heavy (non-hydrogen) atoms. The Morgan fingerprint density at radius 2 is 2.14 bits per heavy atom. The van der Waals surface area contributed by atoms with Gasteiger partial charge in [0, 0.05) is 25.7 Å². The molecule has 2 N–H and O–H groups in total. The third-order valence-electron chi connectivity index (χ3n) is 4.10. The van der Waals surface area contributed by atoms with E-state index in [1.54, 1.807) is 4.90 Å². The molecule has 0 radical (unpaired) electrons. The summed E-state index contributed by atoms with van der Waals surface area (Å²) in [5.74, 6) is 0.0916. The highest BCUT2D eigenvalue weighted by Crippen LogP contribution is 2.18. The van der Waals surface area contributed by atoms with Gasteiger partial charge < -0.3 is 15.3 Å². The summed E-state index contributed by atoms with van der Waals surface area (Å²) in [5, 5.41) is 12.4. The van der Waals surface area contributed by atoms with Gasteiger partial charge in [-0.1, -0.05) is 0 Å². The molecule has 2 heterocycles. The second-order valence-corrected chi connectivity index (χ2v) is 7.98. The number of carbonyl (C=O) groups excluding carboxylic acids is 1. The number of hydrogen-bond donors (Lipinski definition) is 2. The maximum absolute atomic E-state index is 12.5. The molecule has 8 heteroatoms. The molecule has 0 bridgehead atoms. The van der Waals surface area contributed by atoms with Gasteiger partial charge in [0.25, 0.3) is 0 Å².